The SMILES string of the molecule is CC(C=O)c1ccc(Br)cc1OC(F)(F)F. The highest BCUT2D eigenvalue weighted by Crippen LogP contribution is 2.32. The number of carbonyl (C=O) groups is 1. The predicted molar refractivity (Wildman–Crippen MR) is 55.3 cm³/mol. The third-order valence-electron chi connectivity index (χ3n) is 1.90. The van der Waals surface area contributed by atoms with E-state index < -0.39 is 12.3 Å². The molecular formula is C10H8BrF3O2. The van der Waals surface area contributed by atoms with E-state index in [9.17, 15) is 18.0 Å². The fourth-order valence-corrected chi connectivity index (χ4v) is 1.51. The maximum atomic E-state index is 12.1. The van der Waals surface area contributed by atoms with Crippen LogP contribution in [0.15, 0.2) is 22.7 Å². The summed E-state index contributed by atoms with van der Waals surface area (Å²) >= 11 is 3.04. The highest BCUT2D eigenvalue weighted by Gasteiger charge is 2.32. The number of alkyl halides is 3. The van der Waals surface area contributed by atoms with E-state index in [2.05, 4.69) is 20.7 Å². The minimum Gasteiger partial charge on any atom is -0.405 e. The molecule has 0 N–H and O–H groups in total. The molecule has 2 nitrogen and oxygen atoms in total. The summed E-state index contributed by atoms with van der Waals surface area (Å²) in [6, 6.07) is 4.16. The van der Waals surface area contributed by atoms with E-state index in [1.165, 1.54) is 19.1 Å². The van der Waals surface area contributed by atoms with E-state index in [1.807, 2.05) is 0 Å². The third-order valence-corrected chi connectivity index (χ3v) is 2.39. The highest BCUT2D eigenvalue weighted by molar-refractivity contribution is 9.10. The van der Waals surface area contributed by atoms with Crippen molar-refractivity contribution in [2.24, 2.45) is 0 Å². The second kappa shape index (κ2) is 4.86. The van der Waals surface area contributed by atoms with Crippen molar-refractivity contribution in [3.05, 3.63) is 28.2 Å². The summed E-state index contributed by atoms with van der Waals surface area (Å²) in [6.07, 6.45) is -4.20. The first-order valence-electron chi connectivity index (χ1n) is 4.34. The van der Waals surface area contributed by atoms with Crippen LogP contribution in [0.3, 0.4) is 0 Å². The Bertz CT molecular complexity index is 390. The molecule has 0 saturated heterocycles. The van der Waals surface area contributed by atoms with Crippen molar-refractivity contribution in [2.75, 3.05) is 0 Å². The maximum absolute atomic E-state index is 12.1. The second-order valence-electron chi connectivity index (χ2n) is 3.15. The van der Waals surface area contributed by atoms with Gasteiger partial charge in [-0.05, 0) is 12.1 Å². The minimum atomic E-state index is -4.77. The van der Waals surface area contributed by atoms with Crippen LogP contribution in [0.2, 0.25) is 0 Å². The molecule has 16 heavy (non-hydrogen) atoms. The van der Waals surface area contributed by atoms with Gasteiger partial charge in [0.1, 0.15) is 12.0 Å². The monoisotopic (exact) mass is 296 g/mol. The fourth-order valence-electron chi connectivity index (χ4n) is 1.17. The second-order valence-corrected chi connectivity index (χ2v) is 4.07. The van der Waals surface area contributed by atoms with Gasteiger partial charge in [0.05, 0.1) is 0 Å². The van der Waals surface area contributed by atoms with E-state index in [-0.39, 0.29) is 11.3 Å². The van der Waals surface area contributed by atoms with Crippen LogP contribution in [0.25, 0.3) is 0 Å². The number of benzene rings is 1. The number of aldehydes is 1. The quantitative estimate of drug-likeness (QED) is 0.796. The summed E-state index contributed by atoms with van der Waals surface area (Å²) in [5.74, 6) is -1.01. The average Bonchev–Trinajstić information content (AvgIpc) is 2.14. The van der Waals surface area contributed by atoms with Crippen LogP contribution in [0, 0.1) is 0 Å². The van der Waals surface area contributed by atoms with Gasteiger partial charge in [0.2, 0.25) is 0 Å². The van der Waals surface area contributed by atoms with Gasteiger partial charge in [0.15, 0.2) is 0 Å². The summed E-state index contributed by atoms with van der Waals surface area (Å²) in [7, 11) is 0. The number of hydrogen-bond donors (Lipinski definition) is 0. The van der Waals surface area contributed by atoms with Crippen LogP contribution in [0.1, 0.15) is 18.4 Å². The lowest BCUT2D eigenvalue weighted by Gasteiger charge is -2.15. The summed E-state index contributed by atoms with van der Waals surface area (Å²) < 4.78 is 40.6. The Balaban J connectivity index is 3.13. The summed E-state index contributed by atoms with van der Waals surface area (Å²) in [6.45, 7) is 1.50. The molecule has 0 aromatic heterocycles. The molecule has 0 radical (unpaired) electrons. The molecule has 1 rings (SSSR count). The molecule has 1 atom stereocenters. The zero-order valence-electron chi connectivity index (χ0n) is 8.22. The Hall–Kier alpha value is -1.04. The molecule has 1 unspecified atom stereocenters. The molecule has 0 aliphatic carbocycles. The highest BCUT2D eigenvalue weighted by atomic mass is 79.9. The Labute approximate surface area is 98.5 Å². The van der Waals surface area contributed by atoms with Crippen LogP contribution < -0.4 is 4.74 Å². The number of ether oxygens (including phenoxy) is 1. The van der Waals surface area contributed by atoms with Gasteiger partial charge in [-0.15, -0.1) is 13.2 Å². The number of rotatable bonds is 3. The van der Waals surface area contributed by atoms with E-state index in [0.717, 1.165) is 0 Å². The zero-order valence-corrected chi connectivity index (χ0v) is 9.80. The third kappa shape index (κ3) is 3.52. The summed E-state index contributed by atoms with van der Waals surface area (Å²) in [5.41, 5.74) is 0.204. The Morgan fingerprint density at radius 2 is 2.06 bits per heavy atom. The lowest BCUT2D eigenvalue weighted by Crippen LogP contribution is -2.18. The van der Waals surface area contributed by atoms with Gasteiger partial charge in [0.25, 0.3) is 0 Å². The molecule has 0 saturated carbocycles. The summed E-state index contributed by atoms with van der Waals surface area (Å²) in [5, 5.41) is 0. The zero-order chi connectivity index (χ0) is 12.3. The molecule has 0 spiro atoms. The van der Waals surface area contributed by atoms with E-state index in [4.69, 9.17) is 0 Å². The van der Waals surface area contributed by atoms with E-state index in [1.54, 1.807) is 6.07 Å². The molecule has 0 fully saturated rings. The van der Waals surface area contributed by atoms with Gasteiger partial charge in [-0.25, -0.2) is 0 Å². The minimum absolute atomic E-state index is 0.204. The van der Waals surface area contributed by atoms with Crippen molar-refractivity contribution < 1.29 is 22.7 Å². The number of hydrogen-bond acceptors (Lipinski definition) is 2. The largest absolute Gasteiger partial charge is 0.573 e. The average molecular weight is 297 g/mol. The van der Waals surface area contributed by atoms with Crippen LogP contribution in [-0.2, 0) is 4.79 Å². The normalized spacial score (nSPS) is 13.3. The molecule has 1 aromatic carbocycles. The molecule has 1 aromatic rings. The molecule has 0 aliphatic rings. The van der Waals surface area contributed by atoms with Crippen LogP contribution in [0.5, 0.6) is 5.75 Å². The van der Waals surface area contributed by atoms with Crippen molar-refractivity contribution in [1.82, 2.24) is 0 Å². The van der Waals surface area contributed by atoms with Crippen molar-refractivity contribution in [3.8, 4) is 5.75 Å². The molecule has 6 heteroatoms. The maximum Gasteiger partial charge on any atom is 0.573 e. The van der Waals surface area contributed by atoms with Gasteiger partial charge < -0.3 is 9.53 Å². The van der Waals surface area contributed by atoms with Crippen molar-refractivity contribution in [3.63, 3.8) is 0 Å². The first kappa shape index (κ1) is 13.0. The van der Waals surface area contributed by atoms with Gasteiger partial charge in [0, 0.05) is 16.0 Å². The van der Waals surface area contributed by atoms with Gasteiger partial charge in [-0.1, -0.05) is 28.9 Å². The summed E-state index contributed by atoms with van der Waals surface area (Å²) in [4.78, 5) is 10.6. The van der Waals surface area contributed by atoms with Crippen LogP contribution in [0.4, 0.5) is 13.2 Å². The molecular weight excluding hydrogens is 289 g/mol. The Kier molecular flexibility index (Phi) is 3.96. The van der Waals surface area contributed by atoms with Crippen LogP contribution >= 0.6 is 15.9 Å². The predicted octanol–water partition coefficient (Wildman–Crippen LogP) is 3.65. The molecule has 0 amide bonds. The first-order chi connectivity index (χ1) is 7.33. The lowest BCUT2D eigenvalue weighted by atomic mass is 10.0. The van der Waals surface area contributed by atoms with Gasteiger partial charge >= 0.3 is 6.36 Å². The van der Waals surface area contributed by atoms with Crippen molar-refractivity contribution in [1.29, 1.82) is 0 Å². The topological polar surface area (TPSA) is 26.3 Å². The van der Waals surface area contributed by atoms with Crippen molar-refractivity contribution in [2.45, 2.75) is 19.2 Å². The van der Waals surface area contributed by atoms with E-state index >= 15 is 0 Å². The smallest absolute Gasteiger partial charge is 0.405 e. The van der Waals surface area contributed by atoms with Gasteiger partial charge in [-0.3, -0.25) is 0 Å². The Morgan fingerprint density at radius 3 is 2.56 bits per heavy atom. The Morgan fingerprint density at radius 1 is 1.44 bits per heavy atom. The molecule has 88 valence electrons. The fraction of sp³-hybridized carbons (Fsp3) is 0.300. The first-order valence-corrected chi connectivity index (χ1v) is 5.13. The van der Waals surface area contributed by atoms with E-state index in [0.29, 0.717) is 10.8 Å². The van der Waals surface area contributed by atoms with Crippen molar-refractivity contribution >= 4 is 22.2 Å². The lowest BCUT2D eigenvalue weighted by molar-refractivity contribution is -0.275. The standard InChI is InChI=1S/C10H8BrF3O2/c1-6(5-15)8-3-2-7(11)4-9(8)16-10(12,13)14/h2-6H,1H3. The van der Waals surface area contributed by atoms with Gasteiger partial charge in [-0.2, -0.15) is 0 Å². The molecule has 0 aliphatic heterocycles. The molecule has 0 bridgehead atoms. The molecule has 0 heterocycles. The van der Waals surface area contributed by atoms with Crippen LogP contribution in [-0.4, -0.2) is 12.6 Å². The number of halogens is 4. The number of carbonyl (C=O) groups excluding carboxylic acids is 1.